The molecular formula is C25H17Cl3FNO2. The number of Topliss-reactive ketones (excluding diaryl/α,β-unsaturated/α-hetero) is 1. The molecular weight excluding hydrogens is 472 g/mol. The Labute approximate surface area is 199 Å². The Kier molecular flexibility index (Phi) is 5.28. The van der Waals surface area contributed by atoms with E-state index < -0.39 is 23.1 Å². The minimum Gasteiger partial charge on any atom is -0.325 e. The van der Waals surface area contributed by atoms with E-state index in [4.69, 9.17) is 34.8 Å². The highest BCUT2D eigenvalue weighted by atomic mass is 35.5. The molecule has 5 rings (SSSR count). The Morgan fingerprint density at radius 2 is 1.50 bits per heavy atom. The van der Waals surface area contributed by atoms with Crippen LogP contribution < -0.4 is 5.32 Å². The quantitative estimate of drug-likeness (QED) is 0.426. The Bertz CT molecular complexity index is 1260. The van der Waals surface area contributed by atoms with Crippen LogP contribution >= 0.6 is 34.8 Å². The van der Waals surface area contributed by atoms with Gasteiger partial charge in [-0.25, -0.2) is 4.39 Å². The first kappa shape index (κ1) is 21.4. The number of hydrogen-bond acceptors (Lipinski definition) is 2. The van der Waals surface area contributed by atoms with E-state index in [-0.39, 0.29) is 29.6 Å². The van der Waals surface area contributed by atoms with Crippen molar-refractivity contribution < 1.29 is 14.0 Å². The molecule has 2 aliphatic rings. The first-order valence-corrected chi connectivity index (χ1v) is 11.3. The number of halogens is 4. The van der Waals surface area contributed by atoms with Crippen molar-refractivity contribution in [1.29, 1.82) is 0 Å². The number of anilines is 1. The van der Waals surface area contributed by atoms with Gasteiger partial charge in [-0.05, 0) is 59.2 Å². The van der Waals surface area contributed by atoms with E-state index in [1.807, 2.05) is 12.1 Å². The van der Waals surface area contributed by atoms with E-state index in [1.165, 1.54) is 12.1 Å². The zero-order chi connectivity index (χ0) is 22.6. The Hall–Kier alpha value is -2.40. The van der Waals surface area contributed by atoms with Crippen LogP contribution in [0.3, 0.4) is 0 Å². The topological polar surface area (TPSA) is 46.2 Å². The highest BCUT2D eigenvalue weighted by Gasteiger charge is 2.60. The molecule has 1 aliphatic carbocycles. The van der Waals surface area contributed by atoms with Crippen molar-refractivity contribution in [3.63, 3.8) is 0 Å². The van der Waals surface area contributed by atoms with Crippen molar-refractivity contribution in [2.75, 3.05) is 5.32 Å². The van der Waals surface area contributed by atoms with Crippen LogP contribution in [0.15, 0.2) is 60.7 Å². The van der Waals surface area contributed by atoms with Crippen molar-refractivity contribution in [3.05, 3.63) is 98.2 Å². The van der Waals surface area contributed by atoms with Crippen LogP contribution in [0.1, 0.15) is 41.4 Å². The molecule has 0 bridgehead atoms. The highest BCUT2D eigenvalue weighted by Crippen LogP contribution is 2.60. The number of carbonyl (C=O) groups is 2. The van der Waals surface area contributed by atoms with Crippen molar-refractivity contribution in [2.24, 2.45) is 0 Å². The summed E-state index contributed by atoms with van der Waals surface area (Å²) < 4.78 is 14.4. The summed E-state index contributed by atoms with van der Waals surface area (Å²) in [6.07, 6.45) is 0.252. The number of benzene rings is 3. The van der Waals surface area contributed by atoms with Crippen LogP contribution in [0.2, 0.25) is 15.1 Å². The minimum absolute atomic E-state index is 0.0128. The number of ketones is 1. The molecule has 0 aromatic heterocycles. The fraction of sp³-hybridized carbons (Fsp3) is 0.200. The highest BCUT2D eigenvalue weighted by molar-refractivity contribution is 6.31. The Morgan fingerprint density at radius 1 is 0.812 bits per heavy atom. The molecule has 3 aromatic rings. The number of carbonyl (C=O) groups excluding carboxylic acids is 2. The number of hydrogen-bond donors (Lipinski definition) is 1. The predicted octanol–water partition coefficient (Wildman–Crippen LogP) is 6.91. The molecule has 3 nitrogen and oxygen atoms in total. The molecule has 3 atom stereocenters. The molecule has 3 unspecified atom stereocenters. The van der Waals surface area contributed by atoms with Crippen molar-refractivity contribution >= 4 is 52.2 Å². The minimum atomic E-state index is -1.16. The van der Waals surface area contributed by atoms with E-state index in [2.05, 4.69) is 5.32 Å². The Balaban J connectivity index is 1.82. The van der Waals surface area contributed by atoms with Crippen LogP contribution in [0.4, 0.5) is 10.1 Å². The van der Waals surface area contributed by atoms with Crippen LogP contribution in [0.25, 0.3) is 0 Å². The number of fused-ring (bicyclic) bond motifs is 2. The van der Waals surface area contributed by atoms with E-state index in [1.54, 1.807) is 36.4 Å². The van der Waals surface area contributed by atoms with Crippen LogP contribution in [0, 0.1) is 5.82 Å². The monoisotopic (exact) mass is 487 g/mol. The maximum atomic E-state index is 14.4. The van der Waals surface area contributed by atoms with Gasteiger partial charge in [-0.3, -0.25) is 9.59 Å². The second kappa shape index (κ2) is 7.87. The maximum absolute atomic E-state index is 14.4. The van der Waals surface area contributed by atoms with Crippen LogP contribution in [-0.2, 0) is 15.0 Å². The van der Waals surface area contributed by atoms with E-state index >= 15 is 0 Å². The molecule has 1 amide bonds. The van der Waals surface area contributed by atoms with Gasteiger partial charge in [0.2, 0.25) is 5.91 Å². The number of nitrogens with one attached hydrogen (secondary N) is 1. The van der Waals surface area contributed by atoms with Gasteiger partial charge in [0, 0.05) is 45.4 Å². The number of amides is 1. The van der Waals surface area contributed by atoms with E-state index in [0.717, 1.165) is 11.1 Å². The summed E-state index contributed by atoms with van der Waals surface area (Å²) in [6.45, 7) is 0. The largest absolute Gasteiger partial charge is 0.325 e. The van der Waals surface area contributed by atoms with Gasteiger partial charge in [0.25, 0.3) is 0 Å². The smallest absolute Gasteiger partial charge is 0.236 e. The van der Waals surface area contributed by atoms with Gasteiger partial charge in [0.15, 0.2) is 0 Å². The third kappa shape index (κ3) is 3.33. The van der Waals surface area contributed by atoms with Gasteiger partial charge < -0.3 is 5.32 Å². The standard InChI is InChI=1S/C25H17Cl3FNO2/c26-15-3-1-2-13(6-15)21-11-19(31)12-22(14-7-17(28)9-18(29)8-14)25(21)20-5-4-16(27)10-23(20)30-24(25)32/h1-10,21-22H,11-12H2,(H,30,32). The summed E-state index contributed by atoms with van der Waals surface area (Å²) in [5, 5.41) is 4.17. The van der Waals surface area contributed by atoms with E-state index in [9.17, 15) is 14.0 Å². The third-order valence-electron chi connectivity index (χ3n) is 6.55. The lowest BCUT2D eigenvalue weighted by Crippen LogP contribution is -2.50. The van der Waals surface area contributed by atoms with E-state index in [0.29, 0.717) is 21.3 Å². The van der Waals surface area contributed by atoms with Crippen molar-refractivity contribution in [3.8, 4) is 0 Å². The predicted molar refractivity (Wildman–Crippen MR) is 124 cm³/mol. The first-order chi connectivity index (χ1) is 15.3. The molecule has 162 valence electrons. The summed E-state index contributed by atoms with van der Waals surface area (Å²) in [7, 11) is 0. The first-order valence-electron chi connectivity index (χ1n) is 10.1. The summed E-state index contributed by atoms with van der Waals surface area (Å²) >= 11 is 18.7. The Morgan fingerprint density at radius 3 is 2.22 bits per heavy atom. The molecule has 0 radical (unpaired) electrons. The molecule has 32 heavy (non-hydrogen) atoms. The molecule has 1 aliphatic heterocycles. The zero-order valence-electron chi connectivity index (χ0n) is 16.7. The van der Waals surface area contributed by atoms with Gasteiger partial charge in [-0.2, -0.15) is 0 Å². The summed E-state index contributed by atoms with van der Waals surface area (Å²) in [5.74, 6) is -1.91. The SMILES string of the molecule is O=C1CC(c2cccc(Cl)c2)C2(C(=O)Nc3cc(Cl)ccc32)C(c2cc(F)cc(Cl)c2)C1. The molecule has 3 aromatic carbocycles. The molecule has 1 fully saturated rings. The van der Waals surface area contributed by atoms with Gasteiger partial charge in [-0.15, -0.1) is 0 Å². The summed E-state index contributed by atoms with van der Waals surface area (Å²) in [4.78, 5) is 26.8. The molecule has 1 N–H and O–H groups in total. The van der Waals surface area contributed by atoms with Gasteiger partial charge in [0.1, 0.15) is 11.6 Å². The van der Waals surface area contributed by atoms with Crippen LogP contribution in [0.5, 0.6) is 0 Å². The van der Waals surface area contributed by atoms with Crippen molar-refractivity contribution in [1.82, 2.24) is 0 Å². The maximum Gasteiger partial charge on any atom is 0.236 e. The lowest BCUT2D eigenvalue weighted by Gasteiger charge is -2.46. The molecule has 0 saturated heterocycles. The molecule has 1 heterocycles. The van der Waals surface area contributed by atoms with Gasteiger partial charge >= 0.3 is 0 Å². The average molecular weight is 489 g/mol. The molecule has 1 spiro atoms. The number of rotatable bonds is 2. The zero-order valence-corrected chi connectivity index (χ0v) is 18.9. The summed E-state index contributed by atoms with van der Waals surface area (Å²) in [5.41, 5.74) is 1.45. The fourth-order valence-electron chi connectivity index (χ4n) is 5.39. The summed E-state index contributed by atoms with van der Waals surface area (Å²) in [6, 6.07) is 16.6. The molecule has 7 heteroatoms. The lowest BCUT2D eigenvalue weighted by molar-refractivity contribution is -0.128. The van der Waals surface area contributed by atoms with Gasteiger partial charge in [-0.1, -0.05) is 53.0 Å². The van der Waals surface area contributed by atoms with Crippen LogP contribution in [-0.4, -0.2) is 11.7 Å². The lowest BCUT2D eigenvalue weighted by atomic mass is 9.54. The second-order valence-electron chi connectivity index (χ2n) is 8.32. The fourth-order valence-corrected chi connectivity index (χ4v) is 5.99. The average Bonchev–Trinajstić information content (AvgIpc) is 3.00. The molecule has 1 saturated carbocycles. The second-order valence-corrected chi connectivity index (χ2v) is 9.63. The normalized spacial score (nSPS) is 24.5. The third-order valence-corrected chi connectivity index (χ3v) is 7.24. The van der Waals surface area contributed by atoms with Crippen molar-refractivity contribution in [2.45, 2.75) is 30.1 Å². The van der Waals surface area contributed by atoms with Gasteiger partial charge in [0.05, 0.1) is 5.41 Å².